The third-order valence-corrected chi connectivity index (χ3v) is 3.32. The van der Waals surface area contributed by atoms with Crippen LogP contribution in [0.1, 0.15) is 30.0 Å². The molecule has 1 aromatic heterocycles. The van der Waals surface area contributed by atoms with Gasteiger partial charge in [0.25, 0.3) is 0 Å². The highest BCUT2D eigenvalue weighted by Gasteiger charge is 2.16. The number of nitrogens with two attached hydrogens (primary N) is 1. The quantitative estimate of drug-likeness (QED) is 0.936. The third kappa shape index (κ3) is 2.58. The summed E-state index contributed by atoms with van der Waals surface area (Å²) >= 11 is 3.31. The first kappa shape index (κ1) is 12.3. The van der Waals surface area contributed by atoms with Crippen molar-refractivity contribution < 1.29 is 8.81 Å². The molecule has 90 valence electrons. The number of benzene rings is 1. The molecule has 4 heteroatoms. The Hall–Kier alpha value is -1.13. The van der Waals surface area contributed by atoms with E-state index in [1.54, 1.807) is 6.07 Å². The smallest absolute Gasteiger partial charge is 0.125 e. The topological polar surface area (TPSA) is 39.2 Å². The lowest BCUT2D eigenvalue weighted by atomic mass is 10.1. The van der Waals surface area contributed by atoms with E-state index >= 15 is 0 Å². The summed E-state index contributed by atoms with van der Waals surface area (Å²) < 4.78 is 19.2. The molecule has 2 N–H and O–H groups in total. The van der Waals surface area contributed by atoms with E-state index in [2.05, 4.69) is 15.9 Å². The maximum absolute atomic E-state index is 13.0. The van der Waals surface area contributed by atoms with Crippen LogP contribution in [0.25, 0.3) is 0 Å². The highest BCUT2D eigenvalue weighted by atomic mass is 79.9. The molecule has 1 atom stereocenters. The van der Waals surface area contributed by atoms with Crippen molar-refractivity contribution in [3.63, 3.8) is 0 Å². The summed E-state index contributed by atoms with van der Waals surface area (Å²) in [5.74, 6) is 1.30. The van der Waals surface area contributed by atoms with Gasteiger partial charge in [0.2, 0.25) is 0 Å². The summed E-state index contributed by atoms with van der Waals surface area (Å²) in [6.07, 6.45) is 0.831. The van der Waals surface area contributed by atoms with Crippen LogP contribution in [-0.4, -0.2) is 0 Å². The largest absolute Gasteiger partial charge is 0.464 e. The molecule has 0 spiro atoms. The number of aryl methyl sites for hydroxylation is 1. The Labute approximate surface area is 108 Å². The van der Waals surface area contributed by atoms with Gasteiger partial charge in [0.05, 0.1) is 6.04 Å². The van der Waals surface area contributed by atoms with Crippen molar-refractivity contribution in [3.8, 4) is 0 Å². The van der Waals surface area contributed by atoms with Crippen LogP contribution in [0, 0.1) is 5.82 Å². The second-order valence-corrected chi connectivity index (χ2v) is 4.66. The van der Waals surface area contributed by atoms with Crippen LogP contribution < -0.4 is 5.73 Å². The Morgan fingerprint density at radius 3 is 2.71 bits per heavy atom. The van der Waals surface area contributed by atoms with Crippen LogP contribution >= 0.6 is 15.9 Å². The molecule has 0 aliphatic carbocycles. The minimum absolute atomic E-state index is 0.290. The van der Waals surface area contributed by atoms with Gasteiger partial charge >= 0.3 is 0 Å². The lowest BCUT2D eigenvalue weighted by Gasteiger charge is -2.11. The van der Waals surface area contributed by atoms with Crippen molar-refractivity contribution in [2.75, 3.05) is 0 Å². The van der Waals surface area contributed by atoms with Crippen LogP contribution in [0.2, 0.25) is 0 Å². The predicted molar refractivity (Wildman–Crippen MR) is 68.2 cm³/mol. The van der Waals surface area contributed by atoms with Gasteiger partial charge in [0.1, 0.15) is 17.3 Å². The average Bonchev–Trinajstić information content (AvgIpc) is 2.76. The van der Waals surface area contributed by atoms with E-state index in [-0.39, 0.29) is 11.9 Å². The molecule has 0 radical (unpaired) electrons. The molecular formula is C13H13BrFNO. The van der Waals surface area contributed by atoms with Gasteiger partial charge in [-0.15, -0.1) is 0 Å². The van der Waals surface area contributed by atoms with Crippen molar-refractivity contribution in [3.05, 3.63) is 57.7 Å². The van der Waals surface area contributed by atoms with Gasteiger partial charge in [-0.3, -0.25) is 0 Å². The number of hydrogen-bond donors (Lipinski definition) is 1. The van der Waals surface area contributed by atoms with Crippen molar-refractivity contribution in [2.45, 2.75) is 19.4 Å². The van der Waals surface area contributed by atoms with Crippen molar-refractivity contribution >= 4 is 15.9 Å². The first-order chi connectivity index (χ1) is 8.11. The highest BCUT2D eigenvalue weighted by molar-refractivity contribution is 9.10. The second kappa shape index (κ2) is 5.02. The lowest BCUT2D eigenvalue weighted by Crippen LogP contribution is -2.11. The summed E-state index contributed by atoms with van der Waals surface area (Å²) in [7, 11) is 0. The van der Waals surface area contributed by atoms with E-state index in [9.17, 15) is 4.39 Å². The molecule has 17 heavy (non-hydrogen) atoms. The van der Waals surface area contributed by atoms with Crippen molar-refractivity contribution in [1.82, 2.24) is 0 Å². The van der Waals surface area contributed by atoms with E-state index in [4.69, 9.17) is 10.2 Å². The standard InChI is InChI=1S/C13H13BrFNO/c1-2-9-4-6-12(17-9)13(16)10-5-3-8(15)7-11(10)14/h3-7,13H,2,16H2,1H3. The summed E-state index contributed by atoms with van der Waals surface area (Å²) in [6, 6.07) is 7.84. The molecule has 0 aliphatic heterocycles. The number of furan rings is 1. The zero-order chi connectivity index (χ0) is 12.4. The van der Waals surface area contributed by atoms with E-state index in [0.717, 1.165) is 17.7 Å². The monoisotopic (exact) mass is 297 g/mol. The van der Waals surface area contributed by atoms with Crippen LogP contribution in [0.3, 0.4) is 0 Å². The summed E-state index contributed by atoms with van der Waals surface area (Å²) in [5, 5.41) is 0. The fourth-order valence-electron chi connectivity index (χ4n) is 1.66. The first-order valence-corrected chi connectivity index (χ1v) is 6.20. The molecule has 1 aromatic carbocycles. The SMILES string of the molecule is CCc1ccc(C(N)c2ccc(F)cc2Br)o1. The maximum atomic E-state index is 13.0. The van der Waals surface area contributed by atoms with Crippen molar-refractivity contribution in [1.29, 1.82) is 0 Å². The maximum Gasteiger partial charge on any atom is 0.125 e. The molecule has 1 unspecified atom stereocenters. The predicted octanol–water partition coefficient (Wildman–Crippen LogP) is 3.79. The fourth-order valence-corrected chi connectivity index (χ4v) is 2.26. The van der Waals surface area contributed by atoms with Gasteiger partial charge in [0, 0.05) is 10.9 Å². The average molecular weight is 298 g/mol. The number of rotatable bonds is 3. The van der Waals surface area contributed by atoms with Crippen LogP contribution in [0.5, 0.6) is 0 Å². The minimum Gasteiger partial charge on any atom is -0.464 e. The molecular weight excluding hydrogens is 285 g/mol. The molecule has 2 aromatic rings. The van der Waals surface area contributed by atoms with Gasteiger partial charge in [-0.25, -0.2) is 4.39 Å². The zero-order valence-electron chi connectivity index (χ0n) is 9.41. The van der Waals surface area contributed by atoms with E-state index in [0.29, 0.717) is 10.2 Å². The lowest BCUT2D eigenvalue weighted by molar-refractivity contribution is 0.453. The summed E-state index contributed by atoms with van der Waals surface area (Å²) in [5.41, 5.74) is 6.90. The molecule has 0 saturated carbocycles. The van der Waals surface area contributed by atoms with Gasteiger partial charge in [0.15, 0.2) is 0 Å². The summed E-state index contributed by atoms with van der Waals surface area (Å²) in [4.78, 5) is 0. The van der Waals surface area contributed by atoms with Crippen LogP contribution in [-0.2, 0) is 6.42 Å². The van der Waals surface area contributed by atoms with E-state index in [1.807, 2.05) is 19.1 Å². The Morgan fingerprint density at radius 1 is 1.35 bits per heavy atom. The molecule has 2 rings (SSSR count). The molecule has 0 bridgehead atoms. The Morgan fingerprint density at radius 2 is 2.12 bits per heavy atom. The molecule has 1 heterocycles. The van der Waals surface area contributed by atoms with Crippen molar-refractivity contribution in [2.24, 2.45) is 5.73 Å². The van der Waals surface area contributed by atoms with Gasteiger partial charge in [-0.1, -0.05) is 28.9 Å². The highest BCUT2D eigenvalue weighted by Crippen LogP contribution is 2.28. The van der Waals surface area contributed by atoms with E-state index < -0.39 is 0 Å². The molecule has 0 saturated heterocycles. The van der Waals surface area contributed by atoms with Crippen LogP contribution in [0.4, 0.5) is 4.39 Å². The van der Waals surface area contributed by atoms with Crippen LogP contribution in [0.15, 0.2) is 39.2 Å². The van der Waals surface area contributed by atoms with Gasteiger partial charge in [-0.2, -0.15) is 0 Å². The number of hydrogen-bond acceptors (Lipinski definition) is 2. The third-order valence-electron chi connectivity index (χ3n) is 2.63. The minimum atomic E-state index is -0.384. The van der Waals surface area contributed by atoms with Gasteiger partial charge < -0.3 is 10.2 Å². The fraction of sp³-hybridized carbons (Fsp3) is 0.231. The summed E-state index contributed by atoms with van der Waals surface area (Å²) in [6.45, 7) is 2.02. The molecule has 0 amide bonds. The number of halogens is 2. The Kier molecular flexibility index (Phi) is 3.64. The Balaban J connectivity index is 2.33. The second-order valence-electron chi connectivity index (χ2n) is 3.80. The first-order valence-electron chi connectivity index (χ1n) is 5.41. The molecule has 0 aliphatic rings. The van der Waals surface area contributed by atoms with Gasteiger partial charge in [-0.05, 0) is 29.8 Å². The molecule has 2 nitrogen and oxygen atoms in total. The zero-order valence-corrected chi connectivity index (χ0v) is 11.0. The molecule has 0 fully saturated rings. The normalized spacial score (nSPS) is 12.7. The van der Waals surface area contributed by atoms with E-state index in [1.165, 1.54) is 12.1 Å². The Bertz CT molecular complexity index is 524.